The topological polar surface area (TPSA) is 42.5 Å². The first-order valence-electron chi connectivity index (χ1n) is 7.71. The molecule has 2 N–H and O–H groups in total. The first-order chi connectivity index (χ1) is 10.7. The van der Waals surface area contributed by atoms with Crippen molar-refractivity contribution in [1.82, 2.24) is 10.6 Å². The lowest BCUT2D eigenvalue weighted by molar-refractivity contribution is 0.0481. The molecule has 1 atom stereocenters. The average Bonchev–Trinajstić information content (AvgIpc) is 2.53. The monoisotopic (exact) mass is 326 g/mol. The van der Waals surface area contributed by atoms with Gasteiger partial charge in [-0.15, -0.1) is 0 Å². The van der Waals surface area contributed by atoms with Crippen molar-refractivity contribution in [3.8, 4) is 0 Å². The van der Waals surface area contributed by atoms with E-state index in [1.165, 1.54) is 0 Å². The minimum atomic E-state index is 0.0362. The maximum Gasteiger partial charge on any atom is 0.182 e. The van der Waals surface area contributed by atoms with Gasteiger partial charge in [0.05, 0.1) is 19.8 Å². The lowest BCUT2D eigenvalue weighted by Gasteiger charge is -2.19. The van der Waals surface area contributed by atoms with Gasteiger partial charge in [0.1, 0.15) is 0 Å². The van der Waals surface area contributed by atoms with Crippen LogP contribution in [-0.4, -0.2) is 33.9 Å². The Bertz CT molecular complexity index is 452. The number of hydrogen-bond donors (Lipinski definition) is 2. The van der Waals surface area contributed by atoms with E-state index in [9.17, 15) is 0 Å². The molecule has 0 aliphatic rings. The van der Waals surface area contributed by atoms with Crippen molar-refractivity contribution in [2.75, 3.05) is 33.9 Å². The predicted octanol–water partition coefficient (Wildman–Crippen LogP) is 3.49. The molecular formula is C17H27ClN2O2. The van der Waals surface area contributed by atoms with Gasteiger partial charge in [0.2, 0.25) is 0 Å². The van der Waals surface area contributed by atoms with Crippen LogP contribution >= 0.6 is 11.6 Å². The van der Waals surface area contributed by atoms with Crippen molar-refractivity contribution in [2.45, 2.75) is 25.9 Å². The minimum Gasteiger partial charge on any atom is -0.483 e. The molecule has 0 spiro atoms. The van der Waals surface area contributed by atoms with E-state index in [0.717, 1.165) is 35.9 Å². The Morgan fingerprint density at radius 1 is 1.36 bits per heavy atom. The molecule has 5 heteroatoms. The number of benzene rings is 1. The third-order valence-electron chi connectivity index (χ3n) is 3.21. The van der Waals surface area contributed by atoms with Crippen LogP contribution in [0.3, 0.4) is 0 Å². The summed E-state index contributed by atoms with van der Waals surface area (Å²) >= 11 is 6.07. The van der Waals surface area contributed by atoms with Crippen LogP contribution < -0.4 is 10.6 Å². The molecule has 124 valence electrons. The molecule has 0 bridgehead atoms. The molecule has 4 nitrogen and oxygen atoms in total. The van der Waals surface area contributed by atoms with Gasteiger partial charge >= 0.3 is 0 Å². The molecule has 0 aliphatic heterocycles. The summed E-state index contributed by atoms with van der Waals surface area (Å²) in [4.78, 5) is 0. The zero-order valence-corrected chi connectivity index (χ0v) is 14.5. The summed E-state index contributed by atoms with van der Waals surface area (Å²) in [6, 6.07) is 7.85. The summed E-state index contributed by atoms with van der Waals surface area (Å²) in [5, 5.41) is 7.11. The van der Waals surface area contributed by atoms with Crippen molar-refractivity contribution < 1.29 is 9.47 Å². The Kier molecular flexibility index (Phi) is 9.71. The smallest absolute Gasteiger partial charge is 0.182 e. The summed E-state index contributed by atoms with van der Waals surface area (Å²) in [5.41, 5.74) is 1.11. The van der Waals surface area contributed by atoms with Crippen molar-refractivity contribution in [1.29, 1.82) is 0 Å². The van der Waals surface area contributed by atoms with Gasteiger partial charge in [0.25, 0.3) is 0 Å². The van der Waals surface area contributed by atoms with Crippen molar-refractivity contribution in [2.24, 2.45) is 0 Å². The summed E-state index contributed by atoms with van der Waals surface area (Å²) in [7, 11) is 3.61. The highest BCUT2D eigenvalue weighted by atomic mass is 35.5. The molecule has 0 fully saturated rings. The Labute approximate surface area is 138 Å². The summed E-state index contributed by atoms with van der Waals surface area (Å²) < 4.78 is 11.2. The van der Waals surface area contributed by atoms with Crippen molar-refractivity contribution in [3.63, 3.8) is 0 Å². The van der Waals surface area contributed by atoms with Crippen LogP contribution in [0.4, 0.5) is 0 Å². The molecule has 0 heterocycles. The van der Waals surface area contributed by atoms with Gasteiger partial charge in [-0.25, -0.2) is 0 Å². The van der Waals surface area contributed by atoms with Gasteiger partial charge < -0.3 is 20.1 Å². The Balaban J connectivity index is 2.50. The van der Waals surface area contributed by atoms with E-state index in [-0.39, 0.29) is 6.10 Å². The standard InChI is InChI=1S/C17H27ClN2O2/c1-4-6-17(21-3)20-11-12-22-16(9-10-19-2)14-7-5-8-15(18)13-14/h5-8,13,16,19-20H,4,9-12H2,1-3H3/b17-6-. The Morgan fingerprint density at radius 2 is 2.18 bits per heavy atom. The molecular weight excluding hydrogens is 300 g/mol. The van der Waals surface area contributed by atoms with Gasteiger partial charge in [-0.05, 0) is 50.2 Å². The SMILES string of the molecule is CC/C=C(/NCCOC(CCNC)c1cccc(Cl)c1)OC. The van der Waals surface area contributed by atoms with Crippen LogP contribution in [0.1, 0.15) is 31.4 Å². The van der Waals surface area contributed by atoms with Crippen LogP contribution in [0.25, 0.3) is 0 Å². The van der Waals surface area contributed by atoms with E-state index in [4.69, 9.17) is 21.1 Å². The summed E-state index contributed by atoms with van der Waals surface area (Å²) in [6.07, 6.45) is 3.88. The molecule has 1 aromatic carbocycles. The largest absolute Gasteiger partial charge is 0.483 e. The molecule has 1 aromatic rings. The highest BCUT2D eigenvalue weighted by Gasteiger charge is 2.12. The molecule has 0 saturated heterocycles. The lowest BCUT2D eigenvalue weighted by atomic mass is 10.1. The third kappa shape index (κ3) is 7.16. The number of ether oxygens (including phenoxy) is 2. The lowest BCUT2D eigenvalue weighted by Crippen LogP contribution is -2.22. The molecule has 0 radical (unpaired) electrons. The van der Waals surface area contributed by atoms with E-state index in [1.54, 1.807) is 7.11 Å². The molecule has 1 unspecified atom stereocenters. The minimum absolute atomic E-state index is 0.0362. The van der Waals surface area contributed by atoms with Crippen molar-refractivity contribution >= 4 is 11.6 Å². The summed E-state index contributed by atoms with van der Waals surface area (Å²) in [5.74, 6) is 0.792. The highest BCUT2D eigenvalue weighted by Crippen LogP contribution is 2.23. The number of methoxy groups -OCH3 is 1. The van der Waals surface area contributed by atoms with E-state index in [2.05, 4.69) is 23.6 Å². The third-order valence-corrected chi connectivity index (χ3v) is 3.44. The quantitative estimate of drug-likeness (QED) is 0.482. The second kappa shape index (κ2) is 11.4. The normalized spacial score (nSPS) is 13.0. The number of nitrogens with one attached hydrogen (secondary N) is 2. The van der Waals surface area contributed by atoms with Gasteiger partial charge in [0, 0.05) is 11.6 Å². The number of rotatable bonds is 11. The van der Waals surface area contributed by atoms with Crippen LogP contribution in [-0.2, 0) is 9.47 Å². The van der Waals surface area contributed by atoms with Crippen LogP contribution in [0.2, 0.25) is 5.02 Å². The van der Waals surface area contributed by atoms with E-state index in [0.29, 0.717) is 13.2 Å². The van der Waals surface area contributed by atoms with Gasteiger partial charge in [-0.2, -0.15) is 0 Å². The fraction of sp³-hybridized carbons (Fsp3) is 0.529. The molecule has 0 amide bonds. The maximum atomic E-state index is 6.07. The summed E-state index contributed by atoms with van der Waals surface area (Å²) in [6.45, 7) is 4.27. The molecule has 22 heavy (non-hydrogen) atoms. The van der Waals surface area contributed by atoms with E-state index in [1.807, 2.05) is 31.3 Å². The average molecular weight is 327 g/mol. The number of halogens is 1. The van der Waals surface area contributed by atoms with E-state index < -0.39 is 0 Å². The Morgan fingerprint density at radius 3 is 2.82 bits per heavy atom. The zero-order valence-electron chi connectivity index (χ0n) is 13.7. The molecule has 0 aliphatic carbocycles. The van der Waals surface area contributed by atoms with Crippen LogP contribution in [0.5, 0.6) is 0 Å². The number of hydrogen-bond acceptors (Lipinski definition) is 4. The fourth-order valence-corrected chi connectivity index (χ4v) is 2.32. The first kappa shape index (κ1) is 18.8. The van der Waals surface area contributed by atoms with Gasteiger partial charge in [0.15, 0.2) is 5.88 Å². The molecule has 0 saturated carbocycles. The first-order valence-corrected chi connectivity index (χ1v) is 8.08. The van der Waals surface area contributed by atoms with Gasteiger partial charge in [-0.1, -0.05) is 30.7 Å². The fourth-order valence-electron chi connectivity index (χ4n) is 2.12. The number of allylic oxidation sites excluding steroid dienone is 1. The predicted molar refractivity (Wildman–Crippen MR) is 92.1 cm³/mol. The van der Waals surface area contributed by atoms with Gasteiger partial charge in [-0.3, -0.25) is 0 Å². The molecule has 1 rings (SSSR count). The van der Waals surface area contributed by atoms with Crippen LogP contribution in [0.15, 0.2) is 36.2 Å². The zero-order chi connectivity index (χ0) is 16.2. The van der Waals surface area contributed by atoms with E-state index >= 15 is 0 Å². The second-order valence-corrected chi connectivity index (χ2v) is 5.35. The second-order valence-electron chi connectivity index (χ2n) is 4.91. The Hall–Kier alpha value is -1.23. The highest BCUT2D eigenvalue weighted by molar-refractivity contribution is 6.30. The maximum absolute atomic E-state index is 6.07. The molecule has 0 aromatic heterocycles. The van der Waals surface area contributed by atoms with Crippen LogP contribution in [0, 0.1) is 0 Å². The van der Waals surface area contributed by atoms with Crippen molar-refractivity contribution in [3.05, 3.63) is 46.8 Å².